The fraction of sp³-hybridized carbons (Fsp3) is 0.333. The Morgan fingerprint density at radius 1 is 0.943 bits per heavy atom. The summed E-state index contributed by atoms with van der Waals surface area (Å²) in [7, 11) is 1.69. The number of fused-ring (bicyclic) bond motifs is 1. The number of ether oxygens (including phenoxy) is 1. The van der Waals surface area contributed by atoms with Crippen LogP contribution in [0.25, 0.3) is 33.5 Å². The van der Waals surface area contributed by atoms with Crippen molar-refractivity contribution in [2.24, 2.45) is 11.8 Å². The molecule has 178 valence electrons. The summed E-state index contributed by atoms with van der Waals surface area (Å²) in [5, 5.41) is 0. The van der Waals surface area contributed by atoms with Crippen LogP contribution in [0.1, 0.15) is 24.8 Å². The van der Waals surface area contributed by atoms with Gasteiger partial charge < -0.3 is 14.2 Å². The molecule has 2 aliphatic rings. The van der Waals surface area contributed by atoms with Crippen molar-refractivity contribution in [3.05, 3.63) is 72.3 Å². The second-order valence-electron chi connectivity index (χ2n) is 10.0. The van der Waals surface area contributed by atoms with Crippen molar-refractivity contribution >= 4 is 16.9 Å². The molecule has 5 nitrogen and oxygen atoms in total. The van der Waals surface area contributed by atoms with Crippen LogP contribution < -0.4 is 4.74 Å². The fourth-order valence-electron chi connectivity index (χ4n) is 5.32. The maximum Gasteiger partial charge on any atom is 0.225 e. The minimum Gasteiger partial charge on any atom is -0.497 e. The summed E-state index contributed by atoms with van der Waals surface area (Å²) in [4.78, 5) is 19.8. The molecule has 0 radical (unpaired) electrons. The van der Waals surface area contributed by atoms with Crippen LogP contribution in [0.4, 0.5) is 0 Å². The number of methoxy groups -OCH3 is 1. The van der Waals surface area contributed by atoms with Crippen molar-refractivity contribution in [2.75, 3.05) is 20.2 Å². The molecule has 5 heteroatoms. The van der Waals surface area contributed by atoms with E-state index in [1.807, 2.05) is 12.1 Å². The van der Waals surface area contributed by atoms with Crippen LogP contribution in [0.3, 0.4) is 0 Å². The average Bonchev–Trinajstić information content (AvgIpc) is 3.53. The van der Waals surface area contributed by atoms with Crippen LogP contribution in [0.5, 0.6) is 5.75 Å². The van der Waals surface area contributed by atoms with Crippen molar-refractivity contribution < 1.29 is 9.53 Å². The summed E-state index contributed by atoms with van der Waals surface area (Å²) in [6, 6.07) is 23.2. The molecule has 0 spiro atoms. The molecule has 1 aliphatic heterocycles. The van der Waals surface area contributed by atoms with E-state index in [4.69, 9.17) is 9.72 Å². The van der Waals surface area contributed by atoms with Crippen molar-refractivity contribution in [1.29, 1.82) is 0 Å². The van der Waals surface area contributed by atoms with Gasteiger partial charge in [-0.05, 0) is 67.0 Å². The summed E-state index contributed by atoms with van der Waals surface area (Å²) in [6.45, 7) is 4.75. The first kappa shape index (κ1) is 21.9. The van der Waals surface area contributed by atoms with E-state index in [1.165, 1.54) is 16.6 Å². The van der Waals surface area contributed by atoms with Gasteiger partial charge in [0, 0.05) is 31.1 Å². The number of para-hydroxylation sites is 1. The van der Waals surface area contributed by atoms with Gasteiger partial charge in [-0.3, -0.25) is 4.79 Å². The van der Waals surface area contributed by atoms with E-state index in [2.05, 4.69) is 71.0 Å². The lowest BCUT2D eigenvalue weighted by molar-refractivity contribution is -0.131. The van der Waals surface area contributed by atoms with Crippen LogP contribution in [0, 0.1) is 18.8 Å². The molecule has 4 aromatic rings. The first-order chi connectivity index (χ1) is 17.1. The zero-order valence-electron chi connectivity index (χ0n) is 20.4. The Bertz CT molecular complexity index is 1370. The lowest BCUT2D eigenvalue weighted by Gasteiger charge is -2.18. The Balaban J connectivity index is 1.31. The van der Waals surface area contributed by atoms with E-state index in [-0.39, 0.29) is 0 Å². The zero-order valence-corrected chi connectivity index (χ0v) is 20.4. The summed E-state index contributed by atoms with van der Waals surface area (Å²) in [5.41, 5.74) is 6.86. The van der Waals surface area contributed by atoms with Crippen LogP contribution >= 0.6 is 0 Å². The molecule has 2 fully saturated rings. The Kier molecular flexibility index (Phi) is 5.56. The summed E-state index contributed by atoms with van der Waals surface area (Å²) >= 11 is 0. The summed E-state index contributed by atoms with van der Waals surface area (Å²) < 4.78 is 7.67. The number of nitrogens with zero attached hydrogens (tertiary/aromatic N) is 3. The monoisotopic (exact) mass is 465 g/mol. The number of carbonyl (C=O) groups excluding carboxylic acids is 1. The minimum atomic E-state index is 0.297. The van der Waals surface area contributed by atoms with Gasteiger partial charge >= 0.3 is 0 Å². The van der Waals surface area contributed by atoms with Crippen LogP contribution in [-0.4, -0.2) is 40.6 Å². The van der Waals surface area contributed by atoms with E-state index in [0.29, 0.717) is 17.7 Å². The SMILES string of the molecule is COc1ccc(-c2ccc(-c3nc4c(C)cccc4n3CC3CCN(C(=O)C4CC4)C3)cc2)cc1. The molecule has 3 aromatic carbocycles. The van der Waals surface area contributed by atoms with E-state index in [1.54, 1.807) is 7.11 Å². The summed E-state index contributed by atoms with van der Waals surface area (Å²) in [6.07, 6.45) is 3.20. The highest BCUT2D eigenvalue weighted by atomic mass is 16.5. The van der Waals surface area contributed by atoms with E-state index >= 15 is 0 Å². The smallest absolute Gasteiger partial charge is 0.225 e. The third-order valence-electron chi connectivity index (χ3n) is 7.51. The third-order valence-corrected chi connectivity index (χ3v) is 7.51. The number of aryl methyl sites for hydroxylation is 1. The number of aromatic nitrogens is 2. The Morgan fingerprint density at radius 2 is 1.63 bits per heavy atom. The molecule has 0 bridgehead atoms. The van der Waals surface area contributed by atoms with Gasteiger partial charge in [0.2, 0.25) is 5.91 Å². The number of rotatable bonds is 6. The normalized spacial score (nSPS) is 17.8. The number of hydrogen-bond donors (Lipinski definition) is 0. The molecule has 2 heterocycles. The predicted molar refractivity (Wildman–Crippen MR) is 139 cm³/mol. The summed E-state index contributed by atoms with van der Waals surface area (Å²) in [5.74, 6) is 2.98. The molecule has 1 aliphatic carbocycles. The van der Waals surface area contributed by atoms with Gasteiger partial charge in [-0.1, -0.05) is 48.5 Å². The number of benzene rings is 3. The van der Waals surface area contributed by atoms with Gasteiger partial charge in [0.05, 0.1) is 18.1 Å². The predicted octanol–water partition coefficient (Wildman–Crippen LogP) is 5.95. The number of amides is 1. The van der Waals surface area contributed by atoms with Crippen molar-refractivity contribution in [2.45, 2.75) is 32.7 Å². The molecule has 1 aromatic heterocycles. The molecule has 0 N–H and O–H groups in total. The lowest BCUT2D eigenvalue weighted by Crippen LogP contribution is -2.30. The number of carbonyl (C=O) groups is 1. The van der Waals surface area contributed by atoms with Gasteiger partial charge in [-0.2, -0.15) is 0 Å². The van der Waals surface area contributed by atoms with Crippen molar-refractivity contribution in [3.8, 4) is 28.3 Å². The largest absolute Gasteiger partial charge is 0.497 e. The third kappa shape index (κ3) is 4.20. The van der Waals surface area contributed by atoms with Gasteiger partial charge in [-0.25, -0.2) is 4.98 Å². The highest BCUT2D eigenvalue weighted by Crippen LogP contribution is 2.35. The Morgan fingerprint density at radius 3 is 2.31 bits per heavy atom. The molecule has 1 saturated carbocycles. The van der Waals surface area contributed by atoms with Gasteiger partial charge in [0.15, 0.2) is 0 Å². The minimum absolute atomic E-state index is 0.297. The van der Waals surface area contributed by atoms with Crippen LogP contribution in [-0.2, 0) is 11.3 Å². The second kappa shape index (κ2) is 8.88. The zero-order chi connectivity index (χ0) is 23.9. The van der Waals surface area contributed by atoms with Gasteiger partial charge in [0.25, 0.3) is 0 Å². The highest BCUT2D eigenvalue weighted by molar-refractivity contribution is 5.84. The highest BCUT2D eigenvalue weighted by Gasteiger charge is 2.36. The second-order valence-corrected chi connectivity index (χ2v) is 10.0. The maximum absolute atomic E-state index is 12.6. The number of hydrogen-bond acceptors (Lipinski definition) is 3. The van der Waals surface area contributed by atoms with Gasteiger partial charge in [0.1, 0.15) is 11.6 Å². The van der Waals surface area contributed by atoms with Crippen molar-refractivity contribution in [3.63, 3.8) is 0 Å². The topological polar surface area (TPSA) is 47.4 Å². The Hall–Kier alpha value is -3.60. The first-order valence-corrected chi connectivity index (χ1v) is 12.6. The first-order valence-electron chi connectivity index (χ1n) is 12.6. The van der Waals surface area contributed by atoms with E-state index in [0.717, 1.165) is 67.1 Å². The Labute approximate surface area is 206 Å². The molecule has 1 saturated heterocycles. The standard InChI is InChI=1S/C30H31N3O2/c1-20-4-3-5-27-28(20)31-29(33(27)19-21-16-17-32(18-21)30(34)25-10-11-25)24-8-6-22(7-9-24)23-12-14-26(35-2)15-13-23/h3-9,12-15,21,25H,10-11,16-19H2,1-2H3. The maximum atomic E-state index is 12.6. The molecule has 1 amide bonds. The quantitative estimate of drug-likeness (QED) is 0.354. The van der Waals surface area contributed by atoms with Crippen molar-refractivity contribution in [1.82, 2.24) is 14.5 Å². The van der Waals surface area contributed by atoms with Crippen LogP contribution in [0.15, 0.2) is 66.7 Å². The molecular formula is C30H31N3O2. The molecule has 6 rings (SSSR count). The fourth-order valence-corrected chi connectivity index (χ4v) is 5.32. The average molecular weight is 466 g/mol. The molecule has 1 atom stereocenters. The van der Waals surface area contributed by atoms with Gasteiger partial charge in [-0.15, -0.1) is 0 Å². The number of likely N-dealkylation sites (tertiary alicyclic amines) is 1. The molecule has 35 heavy (non-hydrogen) atoms. The van der Waals surface area contributed by atoms with E-state index < -0.39 is 0 Å². The molecular weight excluding hydrogens is 434 g/mol. The molecule has 1 unspecified atom stereocenters. The number of imidazole rings is 1. The lowest BCUT2D eigenvalue weighted by atomic mass is 10.0. The van der Waals surface area contributed by atoms with E-state index in [9.17, 15) is 4.79 Å². The van der Waals surface area contributed by atoms with Crippen LogP contribution in [0.2, 0.25) is 0 Å².